The van der Waals surface area contributed by atoms with Gasteiger partial charge >= 0.3 is 5.97 Å². The Morgan fingerprint density at radius 2 is 1.66 bits per heavy atom. The van der Waals surface area contributed by atoms with Gasteiger partial charge in [-0.2, -0.15) is 0 Å². The van der Waals surface area contributed by atoms with E-state index in [0.29, 0.717) is 22.6 Å². The molecule has 162 valence electrons. The van der Waals surface area contributed by atoms with Crippen LogP contribution in [0, 0.1) is 6.92 Å². The van der Waals surface area contributed by atoms with Gasteiger partial charge in [0.1, 0.15) is 11.5 Å². The summed E-state index contributed by atoms with van der Waals surface area (Å²) in [6.07, 6.45) is 1.92. The molecule has 0 saturated carbocycles. The van der Waals surface area contributed by atoms with Crippen molar-refractivity contribution in [2.45, 2.75) is 39.5 Å². The second-order valence-corrected chi connectivity index (χ2v) is 9.01. The molecule has 3 aromatic rings. The molecule has 0 amide bonds. The highest BCUT2D eigenvalue weighted by molar-refractivity contribution is 6.15. The molecule has 0 unspecified atom stereocenters. The first-order valence-corrected chi connectivity index (χ1v) is 10.7. The van der Waals surface area contributed by atoms with Crippen LogP contribution in [0.5, 0.6) is 11.5 Å². The maximum Gasteiger partial charge on any atom is 0.315 e. The van der Waals surface area contributed by atoms with E-state index < -0.39 is 0 Å². The Morgan fingerprint density at radius 1 is 0.969 bits per heavy atom. The molecule has 4 rings (SSSR count). The van der Waals surface area contributed by atoms with Crippen LogP contribution in [0.3, 0.4) is 0 Å². The number of hydrogen-bond acceptors (Lipinski definition) is 4. The highest BCUT2D eigenvalue weighted by Crippen LogP contribution is 2.39. The standard InChI is InChI=1S/C28H26O4/c1-18-23(31-25(29)17-19-8-6-5-7-9-19)15-14-22-26(30)24(32-27(18)22)16-20-10-12-21(13-11-20)28(2,3)4/h5-16H,17H2,1-4H3/b24-16-. The Balaban J connectivity index is 1.53. The molecule has 0 fully saturated rings. The average Bonchev–Trinajstić information content (AvgIpc) is 3.07. The number of carbonyl (C=O) groups is 2. The molecule has 0 N–H and O–H groups in total. The molecule has 0 bridgehead atoms. The third kappa shape index (κ3) is 4.50. The van der Waals surface area contributed by atoms with Gasteiger partial charge in [-0.05, 0) is 47.2 Å². The van der Waals surface area contributed by atoms with Gasteiger partial charge in [-0.25, -0.2) is 0 Å². The summed E-state index contributed by atoms with van der Waals surface area (Å²) in [5.74, 6) is 0.564. The van der Waals surface area contributed by atoms with Crippen molar-refractivity contribution in [2.24, 2.45) is 0 Å². The number of carbonyl (C=O) groups excluding carboxylic acids is 2. The molecule has 0 spiro atoms. The van der Waals surface area contributed by atoms with E-state index in [0.717, 1.165) is 11.1 Å². The molecule has 0 atom stereocenters. The van der Waals surface area contributed by atoms with E-state index in [1.807, 2.05) is 42.5 Å². The smallest absolute Gasteiger partial charge is 0.315 e. The Labute approximate surface area is 188 Å². The summed E-state index contributed by atoms with van der Waals surface area (Å²) in [4.78, 5) is 25.2. The summed E-state index contributed by atoms with van der Waals surface area (Å²) in [6.45, 7) is 8.27. The Bertz CT molecular complexity index is 1200. The van der Waals surface area contributed by atoms with Gasteiger partial charge < -0.3 is 9.47 Å². The van der Waals surface area contributed by atoms with Crippen molar-refractivity contribution in [1.29, 1.82) is 0 Å². The van der Waals surface area contributed by atoms with E-state index in [1.54, 1.807) is 25.1 Å². The van der Waals surface area contributed by atoms with Crippen molar-refractivity contribution in [3.05, 3.63) is 100 Å². The van der Waals surface area contributed by atoms with E-state index >= 15 is 0 Å². The minimum atomic E-state index is -0.363. The van der Waals surface area contributed by atoms with Crippen LogP contribution < -0.4 is 9.47 Å². The SMILES string of the molecule is Cc1c(OC(=O)Cc2ccccc2)ccc2c1O/C(=C\c1ccc(C(C)(C)C)cc1)C2=O. The lowest BCUT2D eigenvalue weighted by Crippen LogP contribution is -2.12. The van der Waals surface area contributed by atoms with E-state index in [1.165, 1.54) is 5.56 Å². The van der Waals surface area contributed by atoms with Crippen molar-refractivity contribution in [1.82, 2.24) is 0 Å². The quantitative estimate of drug-likeness (QED) is 0.289. The zero-order valence-electron chi connectivity index (χ0n) is 18.8. The van der Waals surface area contributed by atoms with Crippen molar-refractivity contribution < 1.29 is 19.1 Å². The largest absolute Gasteiger partial charge is 0.452 e. The lowest BCUT2D eigenvalue weighted by Gasteiger charge is -2.18. The molecule has 1 aliphatic rings. The van der Waals surface area contributed by atoms with Gasteiger partial charge in [-0.15, -0.1) is 0 Å². The molecule has 0 saturated heterocycles. The number of benzene rings is 3. The van der Waals surface area contributed by atoms with Crippen LogP contribution in [0.4, 0.5) is 0 Å². The number of rotatable bonds is 4. The zero-order chi connectivity index (χ0) is 22.9. The molecule has 0 aliphatic carbocycles. The summed E-state index contributed by atoms with van der Waals surface area (Å²) in [5, 5.41) is 0. The molecule has 4 nitrogen and oxygen atoms in total. The van der Waals surface area contributed by atoms with E-state index in [-0.39, 0.29) is 29.3 Å². The molecular formula is C28H26O4. The first kappa shape index (κ1) is 21.6. The predicted octanol–water partition coefficient (Wildman–Crippen LogP) is 6.06. The van der Waals surface area contributed by atoms with Crippen LogP contribution in [-0.4, -0.2) is 11.8 Å². The second-order valence-electron chi connectivity index (χ2n) is 9.01. The van der Waals surface area contributed by atoms with Crippen molar-refractivity contribution in [3.8, 4) is 11.5 Å². The fourth-order valence-electron chi connectivity index (χ4n) is 3.63. The summed E-state index contributed by atoms with van der Waals surface area (Å²) in [6, 6.07) is 20.8. The first-order valence-electron chi connectivity index (χ1n) is 10.7. The molecule has 1 heterocycles. The molecule has 4 heteroatoms. The van der Waals surface area contributed by atoms with Crippen LogP contribution in [0.15, 0.2) is 72.5 Å². The fraction of sp³-hybridized carbons (Fsp3) is 0.214. The number of hydrogen-bond donors (Lipinski definition) is 0. The normalized spacial score (nSPS) is 14.2. The van der Waals surface area contributed by atoms with Crippen LogP contribution in [0.2, 0.25) is 0 Å². The maximum absolute atomic E-state index is 12.9. The third-order valence-electron chi connectivity index (χ3n) is 5.53. The average molecular weight is 427 g/mol. The van der Waals surface area contributed by atoms with Crippen LogP contribution in [0.1, 0.15) is 53.4 Å². The topological polar surface area (TPSA) is 52.6 Å². The first-order chi connectivity index (χ1) is 15.2. The summed E-state index contributed by atoms with van der Waals surface area (Å²) < 4.78 is 11.5. The number of ketones is 1. The highest BCUT2D eigenvalue weighted by atomic mass is 16.5. The maximum atomic E-state index is 12.9. The number of allylic oxidation sites excluding steroid dienone is 1. The number of esters is 1. The minimum Gasteiger partial charge on any atom is -0.452 e. The van der Waals surface area contributed by atoms with Gasteiger partial charge in [0.25, 0.3) is 0 Å². The fourth-order valence-corrected chi connectivity index (χ4v) is 3.63. The van der Waals surface area contributed by atoms with Crippen molar-refractivity contribution >= 4 is 17.8 Å². The lowest BCUT2D eigenvalue weighted by molar-refractivity contribution is -0.133. The van der Waals surface area contributed by atoms with Gasteiger partial charge in [0.05, 0.1) is 12.0 Å². The van der Waals surface area contributed by atoms with Crippen LogP contribution in [-0.2, 0) is 16.6 Å². The Morgan fingerprint density at radius 3 is 2.31 bits per heavy atom. The van der Waals surface area contributed by atoms with Gasteiger partial charge in [-0.1, -0.05) is 75.4 Å². The molecule has 0 aromatic heterocycles. The van der Waals surface area contributed by atoms with E-state index in [2.05, 4.69) is 32.9 Å². The van der Waals surface area contributed by atoms with Gasteiger partial charge in [-0.3, -0.25) is 9.59 Å². The number of Topliss-reactive ketones (excluding diaryl/α,β-unsaturated/α-hetero) is 1. The summed E-state index contributed by atoms with van der Waals surface area (Å²) >= 11 is 0. The summed E-state index contributed by atoms with van der Waals surface area (Å²) in [7, 11) is 0. The van der Waals surface area contributed by atoms with Crippen molar-refractivity contribution in [3.63, 3.8) is 0 Å². The molecule has 1 aliphatic heterocycles. The summed E-state index contributed by atoms with van der Waals surface area (Å²) in [5.41, 5.74) is 4.16. The second kappa shape index (κ2) is 8.46. The zero-order valence-corrected chi connectivity index (χ0v) is 18.8. The van der Waals surface area contributed by atoms with Gasteiger partial charge in [0.2, 0.25) is 5.78 Å². The molecule has 0 radical (unpaired) electrons. The van der Waals surface area contributed by atoms with Crippen molar-refractivity contribution in [2.75, 3.05) is 0 Å². The lowest BCUT2D eigenvalue weighted by atomic mass is 9.86. The van der Waals surface area contributed by atoms with Crippen LogP contribution in [0.25, 0.3) is 6.08 Å². The third-order valence-corrected chi connectivity index (χ3v) is 5.53. The molecular weight excluding hydrogens is 400 g/mol. The van der Waals surface area contributed by atoms with E-state index in [9.17, 15) is 9.59 Å². The molecule has 32 heavy (non-hydrogen) atoms. The van der Waals surface area contributed by atoms with Gasteiger partial charge in [0.15, 0.2) is 5.76 Å². The van der Waals surface area contributed by atoms with Gasteiger partial charge in [0, 0.05) is 5.56 Å². The monoisotopic (exact) mass is 426 g/mol. The van der Waals surface area contributed by atoms with E-state index in [4.69, 9.17) is 9.47 Å². The number of ether oxygens (including phenoxy) is 2. The number of fused-ring (bicyclic) bond motifs is 1. The predicted molar refractivity (Wildman–Crippen MR) is 125 cm³/mol. The van der Waals surface area contributed by atoms with Crippen LogP contribution >= 0.6 is 0 Å². The Hall–Kier alpha value is -3.66. The highest BCUT2D eigenvalue weighted by Gasteiger charge is 2.30. The minimum absolute atomic E-state index is 0.0625. The Kier molecular flexibility index (Phi) is 5.70. The molecule has 3 aromatic carbocycles.